The van der Waals surface area contributed by atoms with Gasteiger partial charge in [-0.05, 0) is 42.7 Å². The lowest BCUT2D eigenvalue weighted by atomic mass is 9.94. The summed E-state index contributed by atoms with van der Waals surface area (Å²) in [5.41, 5.74) is 3.22. The van der Waals surface area contributed by atoms with Crippen LogP contribution in [0.3, 0.4) is 0 Å². The number of hydrogen-bond acceptors (Lipinski definition) is 2. The number of carbonyl (C=O) groups excluding carboxylic acids is 1. The molecule has 2 aromatic carbocycles. The average molecular weight is 337 g/mol. The quantitative estimate of drug-likeness (QED) is 0.897. The zero-order chi connectivity index (χ0) is 17.9. The van der Waals surface area contributed by atoms with E-state index < -0.39 is 18.1 Å². The van der Waals surface area contributed by atoms with Gasteiger partial charge in [-0.3, -0.25) is 4.79 Å². The van der Waals surface area contributed by atoms with E-state index in [2.05, 4.69) is 0 Å². The Hall–Kier alpha value is -2.50. The van der Waals surface area contributed by atoms with Crippen LogP contribution in [0, 0.1) is 6.92 Å². The molecule has 1 N–H and O–H groups in total. The van der Waals surface area contributed by atoms with Gasteiger partial charge in [-0.2, -0.15) is 13.2 Å². The van der Waals surface area contributed by atoms with Crippen molar-refractivity contribution in [2.24, 2.45) is 0 Å². The molecule has 0 aromatic heterocycles. The van der Waals surface area contributed by atoms with Crippen LogP contribution in [0.1, 0.15) is 24.1 Å². The number of methoxy groups -OCH3 is 1. The third-order valence-corrected chi connectivity index (χ3v) is 3.69. The maximum Gasteiger partial charge on any atom is 0.471 e. The summed E-state index contributed by atoms with van der Waals surface area (Å²) in [5.74, 6) is -1.46. The average Bonchev–Trinajstić information content (AvgIpc) is 2.54. The number of hydrogen-bond donors (Lipinski definition) is 1. The van der Waals surface area contributed by atoms with Crippen molar-refractivity contribution < 1.29 is 22.7 Å². The number of ether oxygens (including phenoxy) is 1. The molecule has 1 atom stereocenters. The molecule has 0 heterocycles. The normalized spacial score (nSPS) is 12.6. The highest BCUT2D eigenvalue weighted by Gasteiger charge is 2.39. The van der Waals surface area contributed by atoms with E-state index in [1.807, 2.05) is 36.5 Å². The number of carbonyl (C=O) groups is 1. The van der Waals surface area contributed by atoms with Gasteiger partial charge in [0.15, 0.2) is 0 Å². The first-order valence-electron chi connectivity index (χ1n) is 7.35. The zero-order valence-electron chi connectivity index (χ0n) is 13.6. The summed E-state index contributed by atoms with van der Waals surface area (Å²) in [4.78, 5) is 11.2. The fourth-order valence-corrected chi connectivity index (χ4v) is 2.38. The van der Waals surface area contributed by atoms with Crippen molar-refractivity contribution in [2.45, 2.75) is 26.1 Å². The highest BCUT2D eigenvalue weighted by Crippen LogP contribution is 2.32. The predicted octanol–water partition coefficient (Wildman–Crippen LogP) is 4.41. The molecule has 2 aromatic rings. The number of alkyl halides is 3. The molecule has 0 fully saturated rings. The lowest BCUT2D eigenvalue weighted by Gasteiger charge is -2.20. The molecular weight excluding hydrogens is 319 g/mol. The smallest absolute Gasteiger partial charge is 0.471 e. The molecule has 6 heteroatoms. The number of benzene rings is 2. The van der Waals surface area contributed by atoms with Gasteiger partial charge in [0, 0.05) is 0 Å². The fraction of sp³-hybridized carbons (Fsp3) is 0.278. The SMILES string of the molecule is COc1ccc(-c2ccc(C)cc2)c([C@@H](C)NC(=O)C(F)(F)F)c1. The Morgan fingerprint density at radius 2 is 1.75 bits per heavy atom. The Kier molecular flexibility index (Phi) is 5.17. The Morgan fingerprint density at radius 1 is 1.12 bits per heavy atom. The molecule has 3 nitrogen and oxygen atoms in total. The molecule has 0 aliphatic carbocycles. The van der Waals surface area contributed by atoms with E-state index in [1.165, 1.54) is 14.0 Å². The van der Waals surface area contributed by atoms with Crippen LogP contribution in [0.15, 0.2) is 42.5 Å². The van der Waals surface area contributed by atoms with Gasteiger partial charge in [-0.15, -0.1) is 0 Å². The molecule has 0 radical (unpaired) electrons. The second kappa shape index (κ2) is 6.95. The highest BCUT2D eigenvalue weighted by atomic mass is 19.4. The Balaban J connectivity index is 2.42. The molecule has 0 saturated heterocycles. The van der Waals surface area contributed by atoms with E-state index in [0.29, 0.717) is 11.3 Å². The highest BCUT2D eigenvalue weighted by molar-refractivity contribution is 5.82. The predicted molar refractivity (Wildman–Crippen MR) is 85.8 cm³/mol. The van der Waals surface area contributed by atoms with Gasteiger partial charge in [-0.1, -0.05) is 35.9 Å². The Bertz CT molecular complexity index is 724. The second-order valence-corrected chi connectivity index (χ2v) is 5.51. The van der Waals surface area contributed by atoms with Gasteiger partial charge in [0.25, 0.3) is 0 Å². The van der Waals surface area contributed by atoms with Crippen LogP contribution < -0.4 is 10.1 Å². The Morgan fingerprint density at radius 3 is 2.29 bits per heavy atom. The molecule has 24 heavy (non-hydrogen) atoms. The third kappa shape index (κ3) is 4.07. The van der Waals surface area contributed by atoms with E-state index in [9.17, 15) is 18.0 Å². The lowest BCUT2D eigenvalue weighted by Crippen LogP contribution is -2.38. The van der Waals surface area contributed by atoms with E-state index >= 15 is 0 Å². The number of rotatable bonds is 4. The van der Waals surface area contributed by atoms with E-state index in [-0.39, 0.29) is 0 Å². The van der Waals surface area contributed by atoms with Crippen molar-refractivity contribution in [1.82, 2.24) is 5.32 Å². The molecule has 2 rings (SSSR count). The standard InChI is InChI=1S/C18H18F3NO2/c1-11-4-6-13(7-5-11)15-9-8-14(24-3)10-16(15)12(2)22-17(23)18(19,20)21/h4-10,12H,1-3H3,(H,22,23)/t12-/m1/s1. The van der Waals surface area contributed by atoms with Crippen molar-refractivity contribution in [1.29, 1.82) is 0 Å². The minimum absolute atomic E-state index is 0.508. The summed E-state index contributed by atoms with van der Waals surface area (Å²) in [7, 11) is 1.48. The summed E-state index contributed by atoms with van der Waals surface area (Å²) < 4.78 is 42.7. The molecule has 1 amide bonds. The molecule has 0 saturated carbocycles. The van der Waals surface area contributed by atoms with E-state index in [0.717, 1.165) is 16.7 Å². The number of halogens is 3. The summed E-state index contributed by atoms with van der Waals surface area (Å²) in [6.07, 6.45) is -4.92. The number of nitrogens with one attached hydrogen (secondary N) is 1. The van der Waals surface area contributed by atoms with Gasteiger partial charge >= 0.3 is 12.1 Å². The van der Waals surface area contributed by atoms with Crippen LogP contribution in [0.25, 0.3) is 11.1 Å². The van der Waals surface area contributed by atoms with Gasteiger partial charge in [0.05, 0.1) is 13.2 Å². The summed E-state index contributed by atoms with van der Waals surface area (Å²) in [6, 6.07) is 11.9. The maximum absolute atomic E-state index is 12.5. The van der Waals surface area contributed by atoms with Crippen LogP contribution in [-0.4, -0.2) is 19.2 Å². The van der Waals surface area contributed by atoms with E-state index in [1.54, 1.807) is 18.2 Å². The minimum atomic E-state index is -4.92. The number of aryl methyl sites for hydroxylation is 1. The first-order valence-corrected chi connectivity index (χ1v) is 7.35. The third-order valence-electron chi connectivity index (χ3n) is 3.69. The molecule has 0 aliphatic heterocycles. The van der Waals surface area contributed by atoms with Crippen molar-refractivity contribution in [2.75, 3.05) is 7.11 Å². The topological polar surface area (TPSA) is 38.3 Å². The van der Waals surface area contributed by atoms with Crippen LogP contribution in [0.5, 0.6) is 5.75 Å². The molecule has 0 aliphatic rings. The van der Waals surface area contributed by atoms with Crippen LogP contribution >= 0.6 is 0 Å². The minimum Gasteiger partial charge on any atom is -0.497 e. The van der Waals surface area contributed by atoms with Crippen LogP contribution in [0.2, 0.25) is 0 Å². The summed E-state index contributed by atoms with van der Waals surface area (Å²) in [5, 5.41) is 1.99. The number of amides is 1. The van der Waals surface area contributed by atoms with Gasteiger partial charge < -0.3 is 10.1 Å². The lowest BCUT2D eigenvalue weighted by molar-refractivity contribution is -0.174. The molecule has 0 bridgehead atoms. The monoisotopic (exact) mass is 337 g/mol. The van der Waals surface area contributed by atoms with Gasteiger partial charge in [-0.25, -0.2) is 0 Å². The molecule has 0 spiro atoms. The first-order chi connectivity index (χ1) is 11.2. The zero-order valence-corrected chi connectivity index (χ0v) is 13.6. The summed E-state index contributed by atoms with van der Waals surface area (Å²) >= 11 is 0. The van der Waals surface area contributed by atoms with Crippen LogP contribution in [-0.2, 0) is 4.79 Å². The molecule has 128 valence electrons. The van der Waals surface area contributed by atoms with Crippen molar-refractivity contribution in [3.05, 3.63) is 53.6 Å². The fourth-order valence-electron chi connectivity index (χ4n) is 2.38. The maximum atomic E-state index is 12.5. The first kappa shape index (κ1) is 17.8. The van der Waals surface area contributed by atoms with Gasteiger partial charge in [0.1, 0.15) is 5.75 Å². The van der Waals surface area contributed by atoms with Crippen molar-refractivity contribution in [3.63, 3.8) is 0 Å². The Labute approximate surface area is 138 Å². The largest absolute Gasteiger partial charge is 0.497 e. The van der Waals surface area contributed by atoms with E-state index in [4.69, 9.17) is 4.74 Å². The summed E-state index contributed by atoms with van der Waals surface area (Å²) in [6.45, 7) is 3.46. The molecule has 0 unspecified atom stereocenters. The molecular formula is C18H18F3NO2. The van der Waals surface area contributed by atoms with Gasteiger partial charge in [0.2, 0.25) is 0 Å². The van der Waals surface area contributed by atoms with Crippen molar-refractivity contribution >= 4 is 5.91 Å². The van der Waals surface area contributed by atoms with Crippen molar-refractivity contribution in [3.8, 4) is 16.9 Å². The van der Waals surface area contributed by atoms with Crippen LogP contribution in [0.4, 0.5) is 13.2 Å². The second-order valence-electron chi connectivity index (χ2n) is 5.51.